The average molecular weight is 302 g/mol. The lowest BCUT2D eigenvalue weighted by atomic mass is 9.96. The van der Waals surface area contributed by atoms with E-state index in [9.17, 15) is 9.90 Å². The van der Waals surface area contributed by atoms with Gasteiger partial charge in [-0.25, -0.2) is 0 Å². The number of nitrogens with zero attached hydrogens (tertiary/aromatic N) is 2. The van der Waals surface area contributed by atoms with Crippen LogP contribution in [0.4, 0.5) is 0 Å². The Bertz CT molecular complexity index is 446. The summed E-state index contributed by atoms with van der Waals surface area (Å²) in [6.07, 6.45) is 3.49. The molecule has 6 heteroatoms. The van der Waals surface area contributed by atoms with Gasteiger partial charge in [0.25, 0.3) is 0 Å². The quantitative estimate of drug-likeness (QED) is 0.687. The lowest BCUT2D eigenvalue weighted by molar-refractivity contribution is -0.142. The SMILES string of the molecule is CCc1nn(CC)c(CC(CCCCN)C(=O)O)c1Cl. The topological polar surface area (TPSA) is 81.1 Å². The van der Waals surface area contributed by atoms with Gasteiger partial charge in [-0.05, 0) is 32.7 Å². The van der Waals surface area contributed by atoms with Gasteiger partial charge in [0.15, 0.2) is 0 Å². The molecule has 0 aliphatic carbocycles. The molecule has 3 N–H and O–H groups in total. The van der Waals surface area contributed by atoms with Crippen LogP contribution >= 0.6 is 11.6 Å². The molecular formula is C14H24ClN3O2. The lowest BCUT2D eigenvalue weighted by Gasteiger charge is -2.13. The Morgan fingerprint density at radius 3 is 2.65 bits per heavy atom. The van der Waals surface area contributed by atoms with Gasteiger partial charge in [0, 0.05) is 13.0 Å². The van der Waals surface area contributed by atoms with Crippen molar-refractivity contribution in [1.29, 1.82) is 0 Å². The lowest BCUT2D eigenvalue weighted by Crippen LogP contribution is -2.19. The third-order valence-electron chi connectivity index (χ3n) is 3.49. The first kappa shape index (κ1) is 17.0. The summed E-state index contributed by atoms with van der Waals surface area (Å²) in [5.41, 5.74) is 7.13. The predicted molar refractivity (Wildman–Crippen MR) is 80.0 cm³/mol. The number of nitrogens with two attached hydrogens (primary N) is 1. The van der Waals surface area contributed by atoms with Crippen molar-refractivity contribution in [2.75, 3.05) is 6.54 Å². The van der Waals surface area contributed by atoms with Crippen LogP contribution in [0.2, 0.25) is 5.02 Å². The molecule has 1 rings (SSSR count). The number of aryl methyl sites for hydroxylation is 2. The van der Waals surface area contributed by atoms with Crippen molar-refractivity contribution >= 4 is 17.6 Å². The van der Waals surface area contributed by atoms with Gasteiger partial charge in [-0.2, -0.15) is 5.10 Å². The Morgan fingerprint density at radius 1 is 1.45 bits per heavy atom. The fourth-order valence-corrected chi connectivity index (χ4v) is 2.64. The van der Waals surface area contributed by atoms with Crippen LogP contribution in [0.15, 0.2) is 0 Å². The first-order chi connectivity index (χ1) is 9.54. The normalized spacial score (nSPS) is 12.6. The molecule has 0 saturated carbocycles. The Labute approximate surface area is 125 Å². The van der Waals surface area contributed by atoms with E-state index in [1.807, 2.05) is 18.5 Å². The summed E-state index contributed by atoms with van der Waals surface area (Å²) in [6, 6.07) is 0. The second-order valence-electron chi connectivity index (χ2n) is 4.90. The van der Waals surface area contributed by atoms with Gasteiger partial charge >= 0.3 is 5.97 Å². The number of carboxylic acid groups (broad SMARTS) is 1. The van der Waals surface area contributed by atoms with E-state index < -0.39 is 11.9 Å². The number of rotatable bonds is 9. The van der Waals surface area contributed by atoms with Crippen LogP contribution in [0, 0.1) is 5.92 Å². The summed E-state index contributed by atoms with van der Waals surface area (Å²) in [5.74, 6) is -1.20. The molecule has 0 amide bonds. The number of carbonyl (C=O) groups is 1. The molecular weight excluding hydrogens is 278 g/mol. The van der Waals surface area contributed by atoms with E-state index in [1.54, 1.807) is 0 Å². The molecule has 114 valence electrons. The average Bonchev–Trinajstić information content (AvgIpc) is 2.73. The molecule has 1 aromatic rings. The third kappa shape index (κ3) is 4.21. The molecule has 1 heterocycles. The summed E-state index contributed by atoms with van der Waals surface area (Å²) in [6.45, 7) is 5.27. The maximum Gasteiger partial charge on any atom is 0.306 e. The van der Waals surface area contributed by atoms with Gasteiger partial charge in [0.05, 0.1) is 22.3 Å². The van der Waals surface area contributed by atoms with Gasteiger partial charge in [0.2, 0.25) is 0 Å². The van der Waals surface area contributed by atoms with Crippen molar-refractivity contribution in [1.82, 2.24) is 9.78 Å². The summed E-state index contributed by atoms with van der Waals surface area (Å²) >= 11 is 6.32. The molecule has 1 aromatic heterocycles. The van der Waals surface area contributed by atoms with Gasteiger partial charge in [-0.3, -0.25) is 9.48 Å². The largest absolute Gasteiger partial charge is 0.481 e. The highest BCUT2D eigenvalue weighted by Crippen LogP contribution is 2.26. The van der Waals surface area contributed by atoms with Crippen molar-refractivity contribution in [3.05, 3.63) is 16.4 Å². The van der Waals surface area contributed by atoms with E-state index >= 15 is 0 Å². The van der Waals surface area contributed by atoms with Crippen molar-refractivity contribution in [2.24, 2.45) is 11.7 Å². The molecule has 0 aliphatic heterocycles. The molecule has 0 spiro atoms. The van der Waals surface area contributed by atoms with Crippen molar-refractivity contribution in [3.63, 3.8) is 0 Å². The standard InChI is InChI=1S/C14H24ClN3O2/c1-3-11-13(15)12(18(4-2)17-11)9-10(14(19)20)7-5-6-8-16/h10H,3-9,16H2,1-2H3,(H,19,20). The van der Waals surface area contributed by atoms with Crippen LogP contribution in [0.25, 0.3) is 0 Å². The molecule has 0 radical (unpaired) electrons. The third-order valence-corrected chi connectivity index (χ3v) is 3.93. The van der Waals surface area contributed by atoms with Crippen LogP contribution < -0.4 is 5.73 Å². The number of halogens is 1. The fraction of sp³-hybridized carbons (Fsp3) is 0.714. The Hall–Kier alpha value is -1.07. The number of unbranched alkanes of at least 4 members (excludes halogenated alkanes) is 1. The summed E-state index contributed by atoms with van der Waals surface area (Å²) in [4.78, 5) is 11.4. The van der Waals surface area contributed by atoms with Gasteiger partial charge < -0.3 is 10.8 Å². The highest BCUT2D eigenvalue weighted by Gasteiger charge is 2.23. The summed E-state index contributed by atoms with van der Waals surface area (Å²) in [7, 11) is 0. The zero-order chi connectivity index (χ0) is 15.1. The van der Waals surface area contributed by atoms with E-state index in [0.29, 0.717) is 31.0 Å². The van der Waals surface area contributed by atoms with Crippen LogP contribution in [-0.4, -0.2) is 27.4 Å². The molecule has 1 atom stereocenters. The van der Waals surface area contributed by atoms with Crippen LogP contribution in [0.3, 0.4) is 0 Å². The predicted octanol–water partition coefficient (Wildman–Crippen LogP) is 2.49. The van der Waals surface area contributed by atoms with E-state index in [4.69, 9.17) is 17.3 Å². The van der Waals surface area contributed by atoms with Crippen molar-refractivity contribution in [3.8, 4) is 0 Å². The van der Waals surface area contributed by atoms with Crippen LogP contribution in [-0.2, 0) is 24.2 Å². The van der Waals surface area contributed by atoms with E-state index in [0.717, 1.165) is 30.7 Å². The minimum absolute atomic E-state index is 0.425. The Balaban J connectivity index is 2.87. The first-order valence-electron chi connectivity index (χ1n) is 7.21. The monoisotopic (exact) mass is 301 g/mol. The van der Waals surface area contributed by atoms with E-state index in [-0.39, 0.29) is 0 Å². The first-order valence-corrected chi connectivity index (χ1v) is 7.59. The Kier molecular flexibility index (Phi) is 7.02. The molecule has 0 saturated heterocycles. The smallest absolute Gasteiger partial charge is 0.306 e. The van der Waals surface area contributed by atoms with Crippen molar-refractivity contribution < 1.29 is 9.90 Å². The number of aliphatic carboxylic acids is 1. The van der Waals surface area contributed by atoms with Gasteiger partial charge in [-0.1, -0.05) is 24.9 Å². The minimum atomic E-state index is -0.778. The molecule has 20 heavy (non-hydrogen) atoms. The molecule has 5 nitrogen and oxygen atoms in total. The number of aromatic nitrogens is 2. The second kappa shape index (κ2) is 8.27. The molecule has 0 fully saturated rings. The zero-order valence-electron chi connectivity index (χ0n) is 12.2. The fourth-order valence-electron chi connectivity index (χ4n) is 2.29. The zero-order valence-corrected chi connectivity index (χ0v) is 13.0. The molecule has 1 unspecified atom stereocenters. The highest BCUT2D eigenvalue weighted by molar-refractivity contribution is 6.31. The highest BCUT2D eigenvalue weighted by atomic mass is 35.5. The maximum absolute atomic E-state index is 11.4. The minimum Gasteiger partial charge on any atom is -0.481 e. The number of carboxylic acids is 1. The van der Waals surface area contributed by atoms with Crippen molar-refractivity contribution in [2.45, 2.75) is 52.5 Å². The Morgan fingerprint density at radius 2 is 2.15 bits per heavy atom. The number of hydrogen-bond acceptors (Lipinski definition) is 3. The molecule has 0 aliphatic rings. The van der Waals surface area contributed by atoms with Gasteiger partial charge in [0.1, 0.15) is 0 Å². The van der Waals surface area contributed by atoms with E-state index in [2.05, 4.69) is 5.10 Å². The molecule has 0 bridgehead atoms. The maximum atomic E-state index is 11.4. The summed E-state index contributed by atoms with van der Waals surface area (Å²) in [5, 5.41) is 14.4. The van der Waals surface area contributed by atoms with Crippen LogP contribution in [0.1, 0.15) is 44.5 Å². The van der Waals surface area contributed by atoms with E-state index in [1.165, 1.54) is 0 Å². The molecule has 0 aromatic carbocycles. The summed E-state index contributed by atoms with van der Waals surface area (Å²) < 4.78 is 1.82. The van der Waals surface area contributed by atoms with Crippen LogP contribution in [0.5, 0.6) is 0 Å². The second-order valence-corrected chi connectivity index (χ2v) is 5.28. The number of hydrogen-bond donors (Lipinski definition) is 2. The van der Waals surface area contributed by atoms with Gasteiger partial charge in [-0.15, -0.1) is 0 Å².